The van der Waals surface area contributed by atoms with E-state index >= 15 is 0 Å². The van der Waals surface area contributed by atoms with Gasteiger partial charge >= 0.3 is 0 Å². The molecule has 0 fully saturated rings. The molecular weight excluding hydrogens is 280 g/mol. The summed E-state index contributed by atoms with van der Waals surface area (Å²) in [6, 6.07) is 0. The fourth-order valence-electron chi connectivity index (χ4n) is 4.53. The summed E-state index contributed by atoms with van der Waals surface area (Å²) in [7, 11) is 0. The molecule has 0 aromatic heterocycles. The van der Waals surface area contributed by atoms with Crippen molar-refractivity contribution in [3.63, 3.8) is 0 Å². The molecular formula is C22H34O. The molecule has 128 valence electrons. The van der Waals surface area contributed by atoms with Crippen LogP contribution in [-0.2, 0) is 4.79 Å². The number of carbonyl (C=O) groups is 1. The first-order valence-corrected chi connectivity index (χ1v) is 9.76. The van der Waals surface area contributed by atoms with Crippen LogP contribution in [0.4, 0.5) is 0 Å². The van der Waals surface area contributed by atoms with E-state index in [0.717, 1.165) is 43.6 Å². The molecule has 0 saturated heterocycles. The SMILES string of the molecule is CCC1=CCC(/C(CC)=C(\CC)C2CC=C(CC)C(=O)C2)CC1. The molecule has 0 aromatic rings. The zero-order valence-electron chi connectivity index (χ0n) is 15.6. The highest BCUT2D eigenvalue weighted by molar-refractivity contribution is 5.96. The third kappa shape index (κ3) is 4.25. The van der Waals surface area contributed by atoms with Crippen molar-refractivity contribution in [1.29, 1.82) is 0 Å². The highest BCUT2D eigenvalue weighted by atomic mass is 16.1. The predicted octanol–water partition coefficient (Wildman–Crippen LogP) is 6.56. The average Bonchev–Trinajstić information content (AvgIpc) is 2.59. The molecule has 0 aromatic carbocycles. The van der Waals surface area contributed by atoms with Crippen LogP contribution < -0.4 is 0 Å². The first-order valence-electron chi connectivity index (χ1n) is 9.76. The Hall–Kier alpha value is -1.11. The van der Waals surface area contributed by atoms with E-state index in [0.29, 0.717) is 11.7 Å². The van der Waals surface area contributed by atoms with Crippen LogP contribution in [0.3, 0.4) is 0 Å². The summed E-state index contributed by atoms with van der Waals surface area (Å²) in [6.45, 7) is 8.95. The number of carbonyl (C=O) groups excluding carboxylic acids is 1. The summed E-state index contributed by atoms with van der Waals surface area (Å²) in [5.74, 6) is 1.58. The number of hydrogen-bond donors (Lipinski definition) is 0. The molecule has 23 heavy (non-hydrogen) atoms. The minimum absolute atomic E-state index is 0.391. The summed E-state index contributed by atoms with van der Waals surface area (Å²) in [6.07, 6.45) is 14.7. The molecule has 1 nitrogen and oxygen atoms in total. The van der Waals surface area contributed by atoms with E-state index in [1.54, 1.807) is 16.7 Å². The number of hydrogen-bond acceptors (Lipinski definition) is 1. The second kappa shape index (κ2) is 8.66. The molecule has 0 aliphatic heterocycles. The van der Waals surface area contributed by atoms with E-state index in [-0.39, 0.29) is 0 Å². The highest BCUT2D eigenvalue weighted by Crippen LogP contribution is 2.39. The van der Waals surface area contributed by atoms with Crippen molar-refractivity contribution in [2.45, 2.75) is 85.5 Å². The normalized spacial score (nSPS) is 26.5. The second-order valence-electron chi connectivity index (χ2n) is 7.09. The molecule has 2 aliphatic rings. The van der Waals surface area contributed by atoms with Crippen LogP contribution in [0.25, 0.3) is 0 Å². The molecule has 0 saturated carbocycles. The Kier molecular flexibility index (Phi) is 6.87. The monoisotopic (exact) mass is 314 g/mol. The van der Waals surface area contributed by atoms with Gasteiger partial charge < -0.3 is 0 Å². The largest absolute Gasteiger partial charge is 0.295 e. The highest BCUT2D eigenvalue weighted by Gasteiger charge is 2.27. The zero-order chi connectivity index (χ0) is 16.8. The average molecular weight is 315 g/mol. The second-order valence-corrected chi connectivity index (χ2v) is 7.09. The van der Waals surface area contributed by atoms with Gasteiger partial charge in [0.15, 0.2) is 5.78 Å². The Morgan fingerprint density at radius 3 is 2.09 bits per heavy atom. The van der Waals surface area contributed by atoms with E-state index < -0.39 is 0 Å². The molecule has 2 unspecified atom stereocenters. The number of ketones is 1. The topological polar surface area (TPSA) is 17.1 Å². The van der Waals surface area contributed by atoms with Crippen molar-refractivity contribution in [3.05, 3.63) is 34.4 Å². The van der Waals surface area contributed by atoms with Crippen molar-refractivity contribution in [2.24, 2.45) is 11.8 Å². The molecule has 0 bridgehead atoms. The third-order valence-corrected chi connectivity index (χ3v) is 5.94. The van der Waals surface area contributed by atoms with Crippen molar-refractivity contribution >= 4 is 5.78 Å². The molecule has 0 spiro atoms. The van der Waals surface area contributed by atoms with Gasteiger partial charge in [-0.15, -0.1) is 0 Å². The zero-order valence-corrected chi connectivity index (χ0v) is 15.6. The lowest BCUT2D eigenvalue weighted by Gasteiger charge is -2.31. The molecule has 0 heterocycles. The molecule has 0 amide bonds. The quantitative estimate of drug-likeness (QED) is 0.508. The Morgan fingerprint density at radius 2 is 1.61 bits per heavy atom. The summed E-state index contributed by atoms with van der Waals surface area (Å²) >= 11 is 0. The Morgan fingerprint density at radius 1 is 0.957 bits per heavy atom. The van der Waals surface area contributed by atoms with Gasteiger partial charge in [0.25, 0.3) is 0 Å². The maximum atomic E-state index is 12.3. The molecule has 0 radical (unpaired) electrons. The molecule has 2 atom stereocenters. The maximum absolute atomic E-state index is 12.3. The predicted molar refractivity (Wildman–Crippen MR) is 99.4 cm³/mol. The van der Waals surface area contributed by atoms with E-state index in [2.05, 4.69) is 39.8 Å². The molecule has 2 rings (SSSR count). The number of rotatable bonds is 6. The summed E-state index contributed by atoms with van der Waals surface area (Å²) in [5.41, 5.74) is 5.97. The summed E-state index contributed by atoms with van der Waals surface area (Å²) < 4.78 is 0. The summed E-state index contributed by atoms with van der Waals surface area (Å²) in [5, 5.41) is 0. The molecule has 2 aliphatic carbocycles. The van der Waals surface area contributed by atoms with Gasteiger partial charge in [0.05, 0.1) is 0 Å². The van der Waals surface area contributed by atoms with Crippen molar-refractivity contribution < 1.29 is 4.79 Å². The molecule has 1 heteroatoms. The minimum Gasteiger partial charge on any atom is -0.295 e. The number of Topliss-reactive ketones (excluding diaryl/α,β-unsaturated/α-hetero) is 1. The first-order chi connectivity index (χ1) is 11.1. The van der Waals surface area contributed by atoms with Gasteiger partial charge in [-0.05, 0) is 68.8 Å². The first kappa shape index (κ1) is 18.2. The Labute approximate surface area is 142 Å². The van der Waals surface area contributed by atoms with Gasteiger partial charge in [-0.3, -0.25) is 4.79 Å². The smallest absolute Gasteiger partial charge is 0.159 e. The third-order valence-electron chi connectivity index (χ3n) is 5.94. The van der Waals surface area contributed by atoms with Crippen LogP contribution in [0.5, 0.6) is 0 Å². The fourth-order valence-corrected chi connectivity index (χ4v) is 4.53. The van der Waals surface area contributed by atoms with E-state index in [9.17, 15) is 4.79 Å². The van der Waals surface area contributed by atoms with E-state index in [4.69, 9.17) is 0 Å². The van der Waals surface area contributed by atoms with Gasteiger partial charge in [-0.2, -0.15) is 0 Å². The summed E-state index contributed by atoms with van der Waals surface area (Å²) in [4.78, 5) is 12.3. The lowest BCUT2D eigenvalue weighted by atomic mass is 9.74. The van der Waals surface area contributed by atoms with Crippen LogP contribution >= 0.6 is 0 Å². The van der Waals surface area contributed by atoms with Crippen LogP contribution in [0.15, 0.2) is 34.4 Å². The van der Waals surface area contributed by atoms with Gasteiger partial charge in [-0.1, -0.05) is 56.6 Å². The van der Waals surface area contributed by atoms with Crippen LogP contribution in [0.2, 0.25) is 0 Å². The van der Waals surface area contributed by atoms with Gasteiger partial charge in [0.2, 0.25) is 0 Å². The van der Waals surface area contributed by atoms with Gasteiger partial charge in [-0.25, -0.2) is 0 Å². The number of allylic oxidation sites excluding steroid dienone is 6. The van der Waals surface area contributed by atoms with Crippen LogP contribution in [-0.4, -0.2) is 5.78 Å². The van der Waals surface area contributed by atoms with Crippen LogP contribution in [0, 0.1) is 11.8 Å². The Bertz CT molecular complexity index is 518. The standard InChI is InChI=1S/C22H34O/c1-5-16-9-11-18(12-10-16)20(7-3)21(8-4)19-14-13-17(6-2)22(23)15-19/h9,13,18-19H,5-8,10-12,14-15H2,1-4H3/b21-20+. The van der Waals surface area contributed by atoms with Crippen molar-refractivity contribution in [3.8, 4) is 0 Å². The lowest BCUT2D eigenvalue weighted by Crippen LogP contribution is -2.20. The molecule has 0 N–H and O–H groups in total. The van der Waals surface area contributed by atoms with Gasteiger partial charge in [0, 0.05) is 6.42 Å². The van der Waals surface area contributed by atoms with E-state index in [1.807, 2.05) is 0 Å². The van der Waals surface area contributed by atoms with Crippen LogP contribution in [0.1, 0.15) is 85.5 Å². The Balaban J connectivity index is 2.22. The van der Waals surface area contributed by atoms with Crippen molar-refractivity contribution in [2.75, 3.05) is 0 Å². The minimum atomic E-state index is 0.391. The lowest BCUT2D eigenvalue weighted by molar-refractivity contribution is -0.116. The maximum Gasteiger partial charge on any atom is 0.159 e. The van der Waals surface area contributed by atoms with Gasteiger partial charge in [0.1, 0.15) is 0 Å². The fraction of sp³-hybridized carbons (Fsp3) is 0.682. The van der Waals surface area contributed by atoms with E-state index in [1.165, 1.54) is 25.7 Å². The van der Waals surface area contributed by atoms with Crippen molar-refractivity contribution in [1.82, 2.24) is 0 Å².